The average Bonchev–Trinajstić information content (AvgIpc) is 3.21. The number of furan rings is 1. The second-order valence-electron chi connectivity index (χ2n) is 6.23. The van der Waals surface area contributed by atoms with Crippen molar-refractivity contribution < 1.29 is 27.2 Å². The summed E-state index contributed by atoms with van der Waals surface area (Å²) in [6.07, 6.45) is 0. The molecule has 4 N–H and O–H groups in total. The fraction of sp³-hybridized carbons (Fsp3) is 0.250. The van der Waals surface area contributed by atoms with Crippen LogP contribution in [0.2, 0.25) is 5.02 Å². The predicted molar refractivity (Wildman–Crippen MR) is 104 cm³/mol. The van der Waals surface area contributed by atoms with Crippen molar-refractivity contribution in [2.24, 2.45) is 0 Å². The third-order valence-corrected chi connectivity index (χ3v) is 6.28. The van der Waals surface area contributed by atoms with Gasteiger partial charge >= 0.3 is 5.82 Å². The third-order valence-electron chi connectivity index (χ3n) is 3.96. The van der Waals surface area contributed by atoms with Gasteiger partial charge in [0.2, 0.25) is 10.0 Å². The molecule has 0 aliphatic heterocycles. The number of aromatic amines is 1. The molecule has 0 amide bonds. The highest BCUT2D eigenvalue weighted by Crippen LogP contribution is 2.39. The van der Waals surface area contributed by atoms with E-state index in [-0.39, 0.29) is 33.5 Å². The molecule has 29 heavy (non-hydrogen) atoms. The van der Waals surface area contributed by atoms with Crippen LogP contribution in [0.4, 0.5) is 17.3 Å². The van der Waals surface area contributed by atoms with Crippen molar-refractivity contribution in [3.05, 3.63) is 45.7 Å². The second kappa shape index (κ2) is 7.81. The number of anilines is 3. The molecule has 2 heterocycles. The number of aryl methyl sites for hydroxylation is 1. The van der Waals surface area contributed by atoms with Crippen molar-refractivity contribution in [1.29, 1.82) is 0 Å². The van der Waals surface area contributed by atoms with Gasteiger partial charge in [-0.15, -0.1) is 4.63 Å². The van der Waals surface area contributed by atoms with Crippen molar-refractivity contribution in [3.8, 4) is 5.75 Å². The maximum atomic E-state index is 12.5. The molecule has 0 aliphatic rings. The number of aromatic hydroxyl groups is 1. The molecule has 0 unspecified atom stereocenters. The van der Waals surface area contributed by atoms with E-state index in [0.29, 0.717) is 5.76 Å². The number of rotatable bonds is 7. The van der Waals surface area contributed by atoms with Crippen molar-refractivity contribution in [2.75, 3.05) is 24.7 Å². The smallest absolute Gasteiger partial charge is 0.367 e. The van der Waals surface area contributed by atoms with Crippen LogP contribution in [0.15, 0.2) is 38.2 Å². The molecule has 11 nitrogen and oxygen atoms in total. The highest BCUT2D eigenvalue weighted by molar-refractivity contribution is 7.89. The van der Waals surface area contributed by atoms with Crippen LogP contribution >= 0.6 is 11.6 Å². The zero-order valence-corrected chi connectivity index (χ0v) is 17.3. The molecular weight excluding hydrogens is 426 g/mol. The fourth-order valence-corrected chi connectivity index (χ4v) is 3.95. The average molecular weight is 445 g/mol. The summed E-state index contributed by atoms with van der Waals surface area (Å²) in [5, 5.41) is 18.3. The van der Waals surface area contributed by atoms with Crippen LogP contribution in [0, 0.1) is 11.8 Å². The number of phenolic OH excluding ortho intramolecular Hbond substituents is 1. The number of nitrogens with zero attached hydrogens (tertiary/aromatic N) is 2. The second-order valence-corrected chi connectivity index (χ2v) is 8.72. The summed E-state index contributed by atoms with van der Waals surface area (Å²) in [6.45, 7) is 1.98. The largest absolute Gasteiger partial charge is 0.504 e. The molecule has 0 aliphatic carbocycles. The molecule has 0 saturated heterocycles. The van der Waals surface area contributed by atoms with Crippen molar-refractivity contribution >= 4 is 38.9 Å². The SMILES string of the molecule is Cc1ccc(CNc2c(Nc3ccc(Cl)c(S(=O)(=O)N(C)C)c3O)[nH]o[n+]2=O)o1. The summed E-state index contributed by atoms with van der Waals surface area (Å²) in [5.74, 6) is 0.711. The van der Waals surface area contributed by atoms with Gasteiger partial charge in [-0.2, -0.15) is 0 Å². The van der Waals surface area contributed by atoms with E-state index in [1.165, 1.54) is 26.2 Å². The van der Waals surface area contributed by atoms with E-state index in [1.807, 2.05) is 0 Å². The standard InChI is InChI=1S/C16H18ClN5O6S/c1-9-4-5-10(27-9)8-18-16-15(20-28-22(16)24)19-12-7-6-11(17)14(13(12)23)29(25,26)21(2)3/h4-7,18H,8H2,1-3H3,(H2-,19,20,23,24)/p+1. The van der Waals surface area contributed by atoms with Gasteiger partial charge in [0.15, 0.2) is 10.3 Å². The van der Waals surface area contributed by atoms with Gasteiger partial charge in [-0.1, -0.05) is 16.8 Å². The van der Waals surface area contributed by atoms with E-state index < -0.39 is 20.7 Å². The van der Waals surface area contributed by atoms with Crippen LogP contribution in [0.25, 0.3) is 0 Å². The Labute approximate surface area is 170 Å². The molecule has 1 aromatic carbocycles. The minimum absolute atomic E-state index is 0.00984. The molecule has 13 heteroatoms. The van der Waals surface area contributed by atoms with Crippen LogP contribution in [0.3, 0.4) is 0 Å². The molecule has 0 spiro atoms. The summed E-state index contributed by atoms with van der Waals surface area (Å²) in [7, 11) is -1.39. The lowest BCUT2D eigenvalue weighted by Gasteiger charge is -2.16. The van der Waals surface area contributed by atoms with E-state index >= 15 is 0 Å². The maximum absolute atomic E-state index is 12.5. The quantitative estimate of drug-likeness (QED) is 0.406. The molecule has 0 fully saturated rings. The van der Waals surface area contributed by atoms with Crippen LogP contribution in [0.5, 0.6) is 5.75 Å². The number of aromatic nitrogens is 2. The minimum Gasteiger partial charge on any atom is -0.504 e. The lowest BCUT2D eigenvalue weighted by molar-refractivity contribution is -0.701. The fourth-order valence-electron chi connectivity index (χ4n) is 2.47. The lowest BCUT2D eigenvalue weighted by atomic mass is 10.3. The monoisotopic (exact) mass is 444 g/mol. The Morgan fingerprint density at radius 3 is 2.62 bits per heavy atom. The number of phenols is 1. The van der Waals surface area contributed by atoms with Gasteiger partial charge in [0.25, 0.3) is 5.82 Å². The summed E-state index contributed by atoms with van der Waals surface area (Å²) >= 11 is 5.99. The number of nitrogens with one attached hydrogen (secondary N) is 3. The van der Waals surface area contributed by atoms with Gasteiger partial charge < -0.3 is 14.8 Å². The Kier molecular flexibility index (Phi) is 5.59. The van der Waals surface area contributed by atoms with Crippen LogP contribution < -0.4 is 15.2 Å². The molecule has 0 bridgehead atoms. The van der Waals surface area contributed by atoms with Gasteiger partial charge in [0, 0.05) is 14.1 Å². The number of halogens is 1. The first-order chi connectivity index (χ1) is 13.6. The van der Waals surface area contributed by atoms with Crippen LogP contribution in [0.1, 0.15) is 11.5 Å². The van der Waals surface area contributed by atoms with Crippen molar-refractivity contribution in [1.82, 2.24) is 9.46 Å². The van der Waals surface area contributed by atoms with E-state index in [1.54, 1.807) is 19.1 Å². The lowest BCUT2D eigenvalue weighted by Crippen LogP contribution is -2.22. The third kappa shape index (κ3) is 4.09. The first-order valence-electron chi connectivity index (χ1n) is 8.26. The molecule has 156 valence electrons. The van der Waals surface area contributed by atoms with Crippen LogP contribution in [-0.4, -0.2) is 37.1 Å². The summed E-state index contributed by atoms with van der Waals surface area (Å²) in [4.78, 5) is 11.4. The first-order valence-corrected chi connectivity index (χ1v) is 10.1. The maximum Gasteiger partial charge on any atom is 0.367 e. The molecule has 0 atom stereocenters. The van der Waals surface area contributed by atoms with Gasteiger partial charge in [-0.05, 0) is 36.1 Å². The van der Waals surface area contributed by atoms with E-state index in [2.05, 4.69) is 15.8 Å². The Morgan fingerprint density at radius 2 is 2.00 bits per heavy atom. The summed E-state index contributed by atoms with van der Waals surface area (Å²) in [5.41, 5.74) is -0.00984. The number of hydrogen-bond acceptors (Lipinski definition) is 8. The zero-order chi connectivity index (χ0) is 21.3. The number of benzene rings is 1. The highest BCUT2D eigenvalue weighted by atomic mass is 35.5. The summed E-state index contributed by atoms with van der Waals surface area (Å²) < 4.78 is 36.2. The normalized spacial score (nSPS) is 11.8. The van der Waals surface area contributed by atoms with Gasteiger partial charge in [-0.25, -0.2) is 12.7 Å². The highest BCUT2D eigenvalue weighted by Gasteiger charge is 2.28. The predicted octanol–water partition coefficient (Wildman–Crippen LogP) is 2.39. The Balaban J connectivity index is 1.92. The Hall–Kier alpha value is -2.96. The number of H-pyrrole nitrogens is 1. The van der Waals surface area contributed by atoms with Gasteiger partial charge in [0.1, 0.15) is 23.0 Å². The molecule has 2 aromatic heterocycles. The van der Waals surface area contributed by atoms with Crippen LogP contribution in [-0.2, 0) is 16.6 Å². The number of sulfonamides is 1. The Morgan fingerprint density at radius 1 is 1.28 bits per heavy atom. The van der Waals surface area contributed by atoms with Gasteiger partial charge in [0.05, 0.1) is 10.7 Å². The first kappa shape index (κ1) is 20.8. The molecular formula is C16H19ClN5O6S+. The topological polar surface area (TPSA) is 147 Å². The molecule has 0 radical (unpaired) electrons. The van der Waals surface area contributed by atoms with Crippen molar-refractivity contribution in [2.45, 2.75) is 18.4 Å². The van der Waals surface area contributed by atoms with E-state index in [9.17, 15) is 18.4 Å². The molecule has 3 rings (SSSR count). The minimum atomic E-state index is -4.02. The van der Waals surface area contributed by atoms with Crippen molar-refractivity contribution in [3.63, 3.8) is 0 Å². The van der Waals surface area contributed by atoms with Gasteiger partial charge in [-0.3, -0.25) is 5.32 Å². The molecule has 3 aromatic rings. The Bertz CT molecular complexity index is 1200. The number of hydrogen-bond donors (Lipinski definition) is 4. The summed E-state index contributed by atoms with van der Waals surface area (Å²) in [6, 6.07) is 6.20. The zero-order valence-electron chi connectivity index (χ0n) is 15.7. The van der Waals surface area contributed by atoms with E-state index in [4.69, 9.17) is 20.6 Å². The van der Waals surface area contributed by atoms with E-state index in [0.717, 1.165) is 10.1 Å². The molecule has 0 saturated carbocycles.